The Morgan fingerprint density at radius 3 is 2.68 bits per heavy atom. The van der Waals surface area contributed by atoms with Crippen LogP contribution in [-0.4, -0.2) is 38.4 Å². The molecule has 3 aromatic rings. The van der Waals surface area contributed by atoms with Crippen LogP contribution in [-0.2, 0) is 18.3 Å². The molecular formula is C18H18N4O2S. The van der Waals surface area contributed by atoms with Crippen LogP contribution in [0.25, 0.3) is 11.4 Å². The van der Waals surface area contributed by atoms with Gasteiger partial charge >= 0.3 is 0 Å². The maximum absolute atomic E-state index is 12.2. The van der Waals surface area contributed by atoms with E-state index in [1.807, 2.05) is 48.0 Å². The van der Waals surface area contributed by atoms with Crippen LogP contribution < -0.4 is 4.74 Å². The molecule has 0 aliphatic heterocycles. The highest BCUT2D eigenvalue weighted by Gasteiger charge is 2.13. The average Bonchev–Trinajstić information content (AvgIpc) is 3.02. The van der Waals surface area contributed by atoms with Crippen LogP contribution >= 0.6 is 11.8 Å². The van der Waals surface area contributed by atoms with Gasteiger partial charge in [-0.1, -0.05) is 23.9 Å². The second-order valence-corrected chi connectivity index (χ2v) is 6.40. The van der Waals surface area contributed by atoms with Crippen molar-refractivity contribution in [2.45, 2.75) is 11.6 Å². The Bertz CT molecular complexity index is 847. The highest BCUT2D eigenvalue weighted by atomic mass is 32.2. The zero-order valence-electron chi connectivity index (χ0n) is 14.0. The number of methoxy groups -OCH3 is 1. The summed E-state index contributed by atoms with van der Waals surface area (Å²) in [6, 6.07) is 11.3. The van der Waals surface area contributed by atoms with Crippen molar-refractivity contribution in [1.29, 1.82) is 0 Å². The van der Waals surface area contributed by atoms with Crippen LogP contribution in [0.4, 0.5) is 0 Å². The predicted molar refractivity (Wildman–Crippen MR) is 96.7 cm³/mol. The Hall–Kier alpha value is -2.67. The van der Waals surface area contributed by atoms with E-state index in [2.05, 4.69) is 15.2 Å². The lowest BCUT2D eigenvalue weighted by Crippen LogP contribution is -2.06. The van der Waals surface area contributed by atoms with Gasteiger partial charge in [0.05, 0.1) is 12.9 Å². The molecule has 2 aromatic heterocycles. The Balaban J connectivity index is 1.60. The van der Waals surface area contributed by atoms with Gasteiger partial charge in [0.2, 0.25) is 0 Å². The number of carbonyl (C=O) groups is 1. The zero-order chi connectivity index (χ0) is 17.6. The number of rotatable bonds is 7. The van der Waals surface area contributed by atoms with E-state index in [1.54, 1.807) is 19.5 Å². The van der Waals surface area contributed by atoms with E-state index in [9.17, 15) is 4.79 Å². The van der Waals surface area contributed by atoms with Crippen LogP contribution in [0.3, 0.4) is 0 Å². The number of aromatic nitrogens is 4. The molecule has 3 rings (SSSR count). The quantitative estimate of drug-likeness (QED) is 0.608. The molecule has 0 aliphatic carbocycles. The molecule has 6 nitrogen and oxygen atoms in total. The van der Waals surface area contributed by atoms with Crippen molar-refractivity contribution in [2.75, 3.05) is 12.9 Å². The fourth-order valence-electron chi connectivity index (χ4n) is 2.35. The largest absolute Gasteiger partial charge is 0.497 e. The molecule has 128 valence electrons. The second-order valence-electron chi connectivity index (χ2n) is 5.46. The Labute approximate surface area is 150 Å². The Morgan fingerprint density at radius 1 is 1.20 bits per heavy atom. The van der Waals surface area contributed by atoms with Crippen LogP contribution in [0, 0.1) is 0 Å². The van der Waals surface area contributed by atoms with Gasteiger partial charge < -0.3 is 9.30 Å². The fraction of sp³-hybridized carbons (Fsp3) is 0.222. The van der Waals surface area contributed by atoms with Gasteiger partial charge in [-0.2, -0.15) is 0 Å². The third kappa shape index (κ3) is 4.24. The standard InChI is InChI=1S/C18H18N4O2S/c1-22-17(14-4-3-9-19-11-14)20-21-18(22)25-12-15(23)10-13-5-7-16(24-2)8-6-13/h3-9,11H,10,12H2,1-2H3. The molecule has 25 heavy (non-hydrogen) atoms. The van der Waals surface area contributed by atoms with Gasteiger partial charge in [-0.15, -0.1) is 10.2 Å². The summed E-state index contributed by atoms with van der Waals surface area (Å²) in [6.45, 7) is 0. The highest BCUT2D eigenvalue weighted by Crippen LogP contribution is 2.22. The van der Waals surface area contributed by atoms with E-state index < -0.39 is 0 Å². The Morgan fingerprint density at radius 2 is 2.00 bits per heavy atom. The number of thioether (sulfide) groups is 1. The Kier molecular flexibility index (Phi) is 5.45. The summed E-state index contributed by atoms with van der Waals surface area (Å²) in [5.74, 6) is 2.01. The number of hydrogen-bond acceptors (Lipinski definition) is 6. The van der Waals surface area contributed by atoms with E-state index in [4.69, 9.17) is 4.74 Å². The molecule has 7 heteroatoms. The summed E-state index contributed by atoms with van der Waals surface area (Å²) in [4.78, 5) is 16.3. The molecule has 0 unspecified atom stereocenters. The molecule has 0 spiro atoms. The third-order valence-corrected chi connectivity index (χ3v) is 4.76. The molecule has 0 saturated heterocycles. The second kappa shape index (κ2) is 7.94. The van der Waals surface area contributed by atoms with Crippen LogP contribution in [0.5, 0.6) is 5.75 Å². The van der Waals surface area contributed by atoms with Gasteiger partial charge in [-0.05, 0) is 29.8 Å². The number of Topliss-reactive ketones (excluding diaryl/α,β-unsaturated/α-hetero) is 1. The average molecular weight is 354 g/mol. The molecule has 0 saturated carbocycles. The van der Waals surface area contributed by atoms with Crippen LogP contribution in [0.1, 0.15) is 5.56 Å². The fourth-order valence-corrected chi connectivity index (χ4v) is 3.12. The first-order chi connectivity index (χ1) is 12.2. The minimum Gasteiger partial charge on any atom is -0.497 e. The summed E-state index contributed by atoms with van der Waals surface area (Å²) in [5, 5.41) is 9.08. The lowest BCUT2D eigenvalue weighted by molar-refractivity contribution is -0.116. The third-order valence-electron chi connectivity index (χ3n) is 3.68. The first kappa shape index (κ1) is 17.2. The molecule has 0 aliphatic rings. The molecular weight excluding hydrogens is 336 g/mol. The smallest absolute Gasteiger partial charge is 0.191 e. The first-order valence-corrected chi connectivity index (χ1v) is 8.73. The maximum Gasteiger partial charge on any atom is 0.191 e. The van der Waals surface area contributed by atoms with Crippen molar-refractivity contribution in [1.82, 2.24) is 19.7 Å². The van der Waals surface area contributed by atoms with E-state index in [1.165, 1.54) is 11.8 Å². The number of benzene rings is 1. The minimum absolute atomic E-state index is 0.140. The summed E-state index contributed by atoms with van der Waals surface area (Å²) >= 11 is 1.39. The lowest BCUT2D eigenvalue weighted by Gasteiger charge is -2.04. The van der Waals surface area contributed by atoms with Crippen LogP contribution in [0.15, 0.2) is 53.9 Å². The molecule has 0 bridgehead atoms. The monoisotopic (exact) mass is 354 g/mol. The van der Waals surface area contributed by atoms with Gasteiger partial charge in [-0.3, -0.25) is 9.78 Å². The normalized spacial score (nSPS) is 10.6. The van der Waals surface area contributed by atoms with E-state index in [-0.39, 0.29) is 5.78 Å². The topological polar surface area (TPSA) is 69.9 Å². The van der Waals surface area contributed by atoms with E-state index >= 15 is 0 Å². The first-order valence-electron chi connectivity index (χ1n) is 7.74. The SMILES string of the molecule is COc1ccc(CC(=O)CSc2nnc(-c3cccnc3)n2C)cc1. The van der Waals surface area contributed by atoms with Crippen molar-refractivity contribution in [3.05, 3.63) is 54.4 Å². The molecule has 0 fully saturated rings. The summed E-state index contributed by atoms with van der Waals surface area (Å²) in [7, 11) is 3.51. The maximum atomic E-state index is 12.2. The molecule has 0 N–H and O–H groups in total. The predicted octanol–water partition coefficient (Wildman–Crippen LogP) is 2.79. The number of hydrogen-bond donors (Lipinski definition) is 0. The van der Waals surface area contributed by atoms with Crippen molar-refractivity contribution in [3.8, 4) is 17.1 Å². The zero-order valence-corrected chi connectivity index (χ0v) is 14.9. The summed E-state index contributed by atoms with van der Waals surface area (Å²) in [5.41, 5.74) is 1.87. The number of nitrogens with zero attached hydrogens (tertiary/aromatic N) is 4. The van der Waals surface area contributed by atoms with Crippen LogP contribution in [0.2, 0.25) is 0 Å². The van der Waals surface area contributed by atoms with Crippen molar-refractivity contribution in [3.63, 3.8) is 0 Å². The minimum atomic E-state index is 0.140. The summed E-state index contributed by atoms with van der Waals surface area (Å²) in [6.07, 6.45) is 3.85. The lowest BCUT2D eigenvalue weighted by atomic mass is 10.1. The molecule has 1 aromatic carbocycles. The highest BCUT2D eigenvalue weighted by molar-refractivity contribution is 7.99. The van der Waals surface area contributed by atoms with Gasteiger partial charge in [0.25, 0.3) is 0 Å². The number of ether oxygens (including phenoxy) is 1. The molecule has 0 atom stereocenters. The van der Waals surface area contributed by atoms with Gasteiger partial charge in [0, 0.05) is 31.4 Å². The molecule has 0 amide bonds. The van der Waals surface area contributed by atoms with Crippen molar-refractivity contribution in [2.24, 2.45) is 7.05 Å². The van der Waals surface area contributed by atoms with Crippen molar-refractivity contribution >= 4 is 17.5 Å². The van der Waals surface area contributed by atoms with Gasteiger partial charge in [0.15, 0.2) is 11.0 Å². The number of pyridine rings is 1. The van der Waals surface area contributed by atoms with Gasteiger partial charge in [0.1, 0.15) is 11.5 Å². The summed E-state index contributed by atoms with van der Waals surface area (Å²) < 4.78 is 7.00. The van der Waals surface area contributed by atoms with Crippen molar-refractivity contribution < 1.29 is 9.53 Å². The molecule has 0 radical (unpaired) electrons. The van der Waals surface area contributed by atoms with Gasteiger partial charge in [-0.25, -0.2) is 0 Å². The van der Waals surface area contributed by atoms with E-state index in [0.29, 0.717) is 17.3 Å². The van der Waals surface area contributed by atoms with E-state index in [0.717, 1.165) is 22.7 Å². The molecule has 2 heterocycles. The number of ketones is 1. The number of carbonyl (C=O) groups excluding carboxylic acids is 1.